The topological polar surface area (TPSA) is 127 Å². The summed E-state index contributed by atoms with van der Waals surface area (Å²) in [6, 6.07) is 9.99. The zero-order chi connectivity index (χ0) is 20.0. The SMILES string of the molecule is Nc1c(N2CCNC(=O)CC2)nc2c(-c3cnc4ccccc4c3)cnn2c1N. The summed E-state index contributed by atoms with van der Waals surface area (Å²) >= 11 is 0. The van der Waals surface area contributed by atoms with Gasteiger partial charge in [0.25, 0.3) is 0 Å². The first-order chi connectivity index (χ1) is 14.1. The maximum absolute atomic E-state index is 11.7. The number of nitrogens with zero attached hydrogens (tertiary/aromatic N) is 5. The zero-order valence-electron chi connectivity index (χ0n) is 15.7. The van der Waals surface area contributed by atoms with Crippen LogP contribution in [0, 0.1) is 0 Å². The number of benzene rings is 1. The normalized spacial score (nSPS) is 14.9. The number of hydrogen-bond acceptors (Lipinski definition) is 7. The molecule has 1 fully saturated rings. The van der Waals surface area contributed by atoms with Crippen molar-refractivity contribution in [2.75, 3.05) is 36.0 Å². The molecule has 4 heterocycles. The van der Waals surface area contributed by atoms with Gasteiger partial charge in [0.1, 0.15) is 5.69 Å². The maximum atomic E-state index is 11.7. The number of carbonyl (C=O) groups is 1. The molecule has 0 unspecified atom stereocenters. The van der Waals surface area contributed by atoms with Gasteiger partial charge in [-0.15, -0.1) is 0 Å². The fourth-order valence-corrected chi connectivity index (χ4v) is 3.66. The second kappa shape index (κ2) is 6.62. The van der Waals surface area contributed by atoms with Crippen LogP contribution in [0.1, 0.15) is 6.42 Å². The highest BCUT2D eigenvalue weighted by Crippen LogP contribution is 2.33. The number of carbonyl (C=O) groups excluding carboxylic acids is 1. The van der Waals surface area contributed by atoms with E-state index in [1.807, 2.05) is 35.4 Å². The number of aromatic nitrogens is 4. The van der Waals surface area contributed by atoms with Crippen LogP contribution >= 0.6 is 0 Å². The molecule has 0 radical (unpaired) electrons. The predicted octanol–water partition coefficient (Wildman–Crippen LogP) is 1.44. The number of hydrogen-bond donors (Lipinski definition) is 3. The lowest BCUT2D eigenvalue weighted by Crippen LogP contribution is -2.30. The van der Waals surface area contributed by atoms with Gasteiger partial charge in [0.15, 0.2) is 17.3 Å². The maximum Gasteiger partial charge on any atom is 0.221 e. The van der Waals surface area contributed by atoms with E-state index in [2.05, 4.69) is 21.5 Å². The largest absolute Gasteiger partial charge is 0.393 e. The van der Waals surface area contributed by atoms with Crippen molar-refractivity contribution < 1.29 is 4.79 Å². The van der Waals surface area contributed by atoms with Crippen LogP contribution < -0.4 is 21.7 Å². The molecule has 0 bridgehead atoms. The molecule has 0 spiro atoms. The van der Waals surface area contributed by atoms with Crippen molar-refractivity contribution in [2.24, 2.45) is 0 Å². The minimum Gasteiger partial charge on any atom is -0.393 e. The minimum absolute atomic E-state index is 0.0207. The lowest BCUT2D eigenvalue weighted by Gasteiger charge is -2.23. The first-order valence-corrected chi connectivity index (χ1v) is 9.41. The van der Waals surface area contributed by atoms with Crippen LogP contribution in [0.15, 0.2) is 42.7 Å². The molecule has 1 aromatic carbocycles. The molecular weight excluding hydrogens is 368 g/mol. The molecule has 5 rings (SSSR count). The highest BCUT2D eigenvalue weighted by molar-refractivity contribution is 5.89. The monoisotopic (exact) mass is 388 g/mol. The summed E-state index contributed by atoms with van der Waals surface area (Å²) in [5, 5.41) is 8.28. The molecule has 1 aliphatic heterocycles. The Morgan fingerprint density at radius 2 is 1.97 bits per heavy atom. The summed E-state index contributed by atoms with van der Waals surface area (Å²) in [6.45, 7) is 1.67. The van der Waals surface area contributed by atoms with E-state index in [9.17, 15) is 4.79 Å². The van der Waals surface area contributed by atoms with Crippen LogP contribution in [0.4, 0.5) is 17.3 Å². The standard InChI is InChI=1S/C20H20N8O/c21-17-18(22)28-19(26-20(17)27-7-5-16(29)23-6-8-27)14(11-25-28)13-9-12-3-1-2-4-15(12)24-10-13/h1-4,9-11H,5-8,21-22H2,(H,23,29). The fraction of sp³-hybridized carbons (Fsp3) is 0.200. The number of anilines is 3. The van der Waals surface area contributed by atoms with Crippen LogP contribution in [0.2, 0.25) is 0 Å². The summed E-state index contributed by atoms with van der Waals surface area (Å²) < 4.78 is 1.55. The summed E-state index contributed by atoms with van der Waals surface area (Å²) in [6.07, 6.45) is 3.91. The second-order valence-electron chi connectivity index (χ2n) is 7.03. The molecule has 1 aliphatic rings. The van der Waals surface area contributed by atoms with Gasteiger partial charge < -0.3 is 21.7 Å². The highest BCUT2D eigenvalue weighted by atomic mass is 16.1. The summed E-state index contributed by atoms with van der Waals surface area (Å²) in [4.78, 5) is 23.0. The van der Waals surface area contributed by atoms with Crippen molar-refractivity contribution >= 4 is 39.8 Å². The van der Waals surface area contributed by atoms with E-state index in [1.165, 1.54) is 0 Å². The predicted molar refractivity (Wildman–Crippen MR) is 112 cm³/mol. The number of rotatable bonds is 2. The molecule has 3 aromatic heterocycles. The molecule has 4 aromatic rings. The Kier molecular flexibility index (Phi) is 3.94. The Morgan fingerprint density at radius 1 is 1.10 bits per heavy atom. The fourth-order valence-electron chi connectivity index (χ4n) is 3.66. The molecule has 0 saturated carbocycles. The Balaban J connectivity index is 1.65. The van der Waals surface area contributed by atoms with Gasteiger partial charge in [0, 0.05) is 48.8 Å². The van der Waals surface area contributed by atoms with Crippen molar-refractivity contribution in [1.29, 1.82) is 0 Å². The lowest BCUT2D eigenvalue weighted by molar-refractivity contribution is -0.120. The van der Waals surface area contributed by atoms with E-state index in [0.29, 0.717) is 49.0 Å². The van der Waals surface area contributed by atoms with Crippen molar-refractivity contribution in [2.45, 2.75) is 6.42 Å². The molecule has 9 nitrogen and oxygen atoms in total. The van der Waals surface area contributed by atoms with E-state index in [-0.39, 0.29) is 5.91 Å². The van der Waals surface area contributed by atoms with E-state index < -0.39 is 0 Å². The third-order valence-electron chi connectivity index (χ3n) is 5.21. The van der Waals surface area contributed by atoms with Gasteiger partial charge in [-0.25, -0.2) is 4.98 Å². The summed E-state index contributed by atoms with van der Waals surface area (Å²) in [5.74, 6) is 0.919. The molecule has 9 heteroatoms. The van der Waals surface area contributed by atoms with Gasteiger partial charge in [-0.3, -0.25) is 9.78 Å². The Hall–Kier alpha value is -3.88. The molecule has 1 amide bonds. The molecule has 146 valence electrons. The number of nitrogens with two attached hydrogens (primary N) is 2. The Labute approximate surface area is 166 Å². The average Bonchev–Trinajstić information content (AvgIpc) is 3.05. The number of pyridine rings is 1. The van der Waals surface area contributed by atoms with E-state index in [4.69, 9.17) is 16.5 Å². The van der Waals surface area contributed by atoms with Crippen molar-refractivity contribution in [3.8, 4) is 11.1 Å². The van der Waals surface area contributed by atoms with Gasteiger partial charge >= 0.3 is 0 Å². The van der Waals surface area contributed by atoms with Crippen molar-refractivity contribution in [3.63, 3.8) is 0 Å². The van der Waals surface area contributed by atoms with Gasteiger partial charge in [-0.05, 0) is 12.1 Å². The smallest absolute Gasteiger partial charge is 0.221 e. The lowest BCUT2D eigenvalue weighted by atomic mass is 10.1. The molecule has 5 N–H and O–H groups in total. The average molecular weight is 388 g/mol. The minimum atomic E-state index is 0.0207. The van der Waals surface area contributed by atoms with Gasteiger partial charge in [-0.1, -0.05) is 18.2 Å². The van der Waals surface area contributed by atoms with E-state index in [0.717, 1.165) is 22.0 Å². The third kappa shape index (κ3) is 2.87. The van der Waals surface area contributed by atoms with E-state index in [1.54, 1.807) is 10.7 Å². The molecular formula is C20H20N8O. The number of nitrogen functional groups attached to an aromatic ring is 2. The van der Waals surface area contributed by atoms with Crippen molar-refractivity contribution in [3.05, 3.63) is 42.7 Å². The first-order valence-electron chi connectivity index (χ1n) is 9.41. The molecule has 0 atom stereocenters. The van der Waals surface area contributed by atoms with Crippen LogP contribution in [0.5, 0.6) is 0 Å². The number of para-hydroxylation sites is 1. The van der Waals surface area contributed by atoms with Crippen LogP contribution in [-0.4, -0.2) is 45.1 Å². The highest BCUT2D eigenvalue weighted by Gasteiger charge is 2.22. The summed E-state index contributed by atoms with van der Waals surface area (Å²) in [5.41, 5.74) is 16.2. The van der Waals surface area contributed by atoms with Crippen molar-refractivity contribution in [1.82, 2.24) is 24.9 Å². The molecule has 29 heavy (non-hydrogen) atoms. The van der Waals surface area contributed by atoms with Crippen LogP contribution in [0.25, 0.3) is 27.7 Å². The zero-order valence-corrected chi connectivity index (χ0v) is 15.7. The number of amides is 1. The molecule has 1 saturated heterocycles. The number of nitrogens with one attached hydrogen (secondary N) is 1. The second-order valence-corrected chi connectivity index (χ2v) is 7.03. The molecule has 0 aliphatic carbocycles. The first kappa shape index (κ1) is 17.2. The van der Waals surface area contributed by atoms with Gasteiger partial charge in [0.05, 0.1) is 11.7 Å². The quantitative estimate of drug-likeness (QED) is 0.474. The van der Waals surface area contributed by atoms with Gasteiger partial charge in [-0.2, -0.15) is 9.61 Å². The van der Waals surface area contributed by atoms with Crippen LogP contribution in [-0.2, 0) is 4.79 Å². The van der Waals surface area contributed by atoms with Gasteiger partial charge in [0.2, 0.25) is 5.91 Å². The Bertz CT molecular complexity index is 1250. The van der Waals surface area contributed by atoms with Crippen LogP contribution in [0.3, 0.4) is 0 Å². The Morgan fingerprint density at radius 3 is 2.86 bits per heavy atom. The number of fused-ring (bicyclic) bond motifs is 2. The summed E-state index contributed by atoms with van der Waals surface area (Å²) in [7, 11) is 0. The third-order valence-corrected chi connectivity index (χ3v) is 5.21. The van der Waals surface area contributed by atoms with E-state index >= 15 is 0 Å².